The molecule has 0 aliphatic carbocycles. The van der Waals surface area contributed by atoms with Crippen LogP contribution in [0.2, 0.25) is 0 Å². The van der Waals surface area contributed by atoms with E-state index in [4.69, 9.17) is 5.02 Å². The molecule has 0 unspecified atom stereocenters. The van der Waals surface area contributed by atoms with E-state index in [0.717, 1.165) is 7.48 Å². The Bertz CT molecular complexity index is 285. The molecule has 0 saturated heterocycles. The van der Waals surface area contributed by atoms with Crippen LogP contribution in [0, 0.1) is 0 Å². The number of methoxy groups -OCH3 is 1. The Morgan fingerprint density at radius 2 is 2.33 bits per heavy atom. The first-order chi connectivity index (χ1) is 5.77. The lowest BCUT2D eigenvalue weighted by molar-refractivity contribution is 0.0601. The van der Waals surface area contributed by atoms with E-state index >= 15 is 0 Å². The van der Waals surface area contributed by atoms with Crippen LogP contribution in [-0.2, 0) is 4.74 Å². The topological polar surface area (TPSA) is 46.5 Å². The highest BCUT2D eigenvalue weighted by Gasteiger charge is 2.04. The van der Waals surface area contributed by atoms with Crippen molar-refractivity contribution in [1.82, 2.24) is 0 Å². The molecule has 0 aliphatic heterocycles. The van der Waals surface area contributed by atoms with Crippen molar-refractivity contribution < 1.29 is 14.6 Å². The predicted molar refractivity (Wildman–Crippen MR) is 45.4 cm³/mol. The second-order valence-corrected chi connectivity index (χ2v) is 2.25. The van der Waals surface area contributed by atoms with Gasteiger partial charge in [-0.05, 0) is 6.07 Å². The van der Waals surface area contributed by atoms with Crippen LogP contribution >= 0.6 is 0 Å². The van der Waals surface area contributed by atoms with Crippen LogP contribution in [0.3, 0.4) is 0 Å². The molecule has 0 bridgehead atoms. The number of hydrogen-bond acceptors (Lipinski definition) is 3. The highest BCUT2D eigenvalue weighted by atomic mass is 16.5. The van der Waals surface area contributed by atoms with Gasteiger partial charge < -0.3 is 9.76 Å². The Morgan fingerprint density at radius 3 is 2.92 bits per heavy atom. The molecular weight excluding hydrogens is 155 g/mol. The van der Waals surface area contributed by atoms with E-state index in [-0.39, 0.29) is 0 Å². The van der Waals surface area contributed by atoms with Crippen molar-refractivity contribution >= 4 is 18.9 Å². The van der Waals surface area contributed by atoms with Crippen molar-refractivity contribution in [3.63, 3.8) is 0 Å². The Kier molecular flexibility index (Phi) is 2.88. The van der Waals surface area contributed by atoms with Gasteiger partial charge in [-0.25, -0.2) is 4.79 Å². The third-order valence-electron chi connectivity index (χ3n) is 1.46. The van der Waals surface area contributed by atoms with Gasteiger partial charge in [-0.3, -0.25) is 0 Å². The maximum Gasteiger partial charge on any atom is 0.337 e. The summed E-state index contributed by atoms with van der Waals surface area (Å²) in [4.78, 5) is 11.0. The van der Waals surface area contributed by atoms with Gasteiger partial charge in [-0.2, -0.15) is 0 Å². The van der Waals surface area contributed by atoms with Crippen molar-refractivity contribution in [2.75, 3.05) is 7.11 Å². The Morgan fingerprint density at radius 1 is 1.58 bits per heavy atom. The van der Waals surface area contributed by atoms with Gasteiger partial charge in [0.25, 0.3) is 0 Å². The Balaban J connectivity index is 2.93. The number of carbonyl (C=O) groups excluding carboxylic acids is 1. The summed E-state index contributed by atoms with van der Waals surface area (Å²) in [6, 6.07) is 6.53. The van der Waals surface area contributed by atoms with Crippen LogP contribution in [0.15, 0.2) is 24.3 Å². The van der Waals surface area contributed by atoms with Crippen LogP contribution in [0.25, 0.3) is 0 Å². The molecule has 1 N–H and O–H groups in total. The quantitative estimate of drug-likeness (QED) is 0.481. The molecule has 0 amide bonds. The third kappa shape index (κ3) is 1.86. The summed E-state index contributed by atoms with van der Waals surface area (Å²) in [6.07, 6.45) is 0. The minimum Gasteiger partial charge on any atom is -0.465 e. The number of esters is 1. The van der Waals surface area contributed by atoms with E-state index < -0.39 is 5.97 Å². The SMILES string of the molecule is COC(=O)c1cccc([B]O)c1. The van der Waals surface area contributed by atoms with Gasteiger partial charge >= 0.3 is 13.5 Å². The molecule has 0 fully saturated rings. The van der Waals surface area contributed by atoms with Crippen molar-refractivity contribution in [3.05, 3.63) is 29.8 Å². The van der Waals surface area contributed by atoms with E-state index in [1.807, 2.05) is 0 Å². The van der Waals surface area contributed by atoms with Crippen LogP contribution in [0.5, 0.6) is 0 Å². The summed E-state index contributed by atoms with van der Waals surface area (Å²) in [5.74, 6) is -0.404. The Labute approximate surface area is 71.3 Å². The van der Waals surface area contributed by atoms with Crippen LogP contribution in [0.4, 0.5) is 0 Å². The van der Waals surface area contributed by atoms with E-state index in [0.29, 0.717) is 11.0 Å². The zero-order chi connectivity index (χ0) is 8.97. The monoisotopic (exact) mass is 163 g/mol. The molecule has 0 heterocycles. The molecule has 0 aromatic heterocycles. The van der Waals surface area contributed by atoms with E-state index in [1.54, 1.807) is 24.3 Å². The predicted octanol–water partition coefficient (Wildman–Crippen LogP) is -0.290. The first kappa shape index (κ1) is 8.81. The van der Waals surface area contributed by atoms with Gasteiger partial charge in [0.05, 0.1) is 12.7 Å². The standard InChI is InChI=1S/C8H8BO3/c1-12-8(10)6-3-2-4-7(5-6)9-11/h2-5,11H,1H3. The van der Waals surface area contributed by atoms with Gasteiger partial charge in [0.15, 0.2) is 0 Å². The molecule has 12 heavy (non-hydrogen) atoms. The fourth-order valence-corrected chi connectivity index (χ4v) is 0.864. The van der Waals surface area contributed by atoms with Gasteiger partial charge in [-0.1, -0.05) is 23.7 Å². The molecule has 0 aliphatic rings. The summed E-state index contributed by atoms with van der Waals surface area (Å²) < 4.78 is 4.50. The normalized spacial score (nSPS) is 9.17. The maximum atomic E-state index is 11.0. The molecule has 3 nitrogen and oxygen atoms in total. The number of rotatable bonds is 2. The number of carbonyl (C=O) groups is 1. The molecule has 0 atom stereocenters. The van der Waals surface area contributed by atoms with Gasteiger partial charge in [0, 0.05) is 0 Å². The molecule has 4 heteroatoms. The van der Waals surface area contributed by atoms with Crippen molar-refractivity contribution in [1.29, 1.82) is 0 Å². The van der Waals surface area contributed by atoms with E-state index in [2.05, 4.69) is 4.74 Å². The largest absolute Gasteiger partial charge is 0.465 e. The minimum absolute atomic E-state index is 0.404. The summed E-state index contributed by atoms with van der Waals surface area (Å²) in [7, 11) is 2.25. The van der Waals surface area contributed by atoms with Gasteiger partial charge in [-0.15, -0.1) is 0 Å². The van der Waals surface area contributed by atoms with Crippen molar-refractivity contribution in [3.8, 4) is 0 Å². The van der Waals surface area contributed by atoms with Crippen molar-refractivity contribution in [2.24, 2.45) is 0 Å². The maximum absolute atomic E-state index is 11.0. The molecular formula is C8H8BO3. The molecule has 1 aromatic rings. The highest BCUT2D eigenvalue weighted by Crippen LogP contribution is 1.97. The lowest BCUT2D eigenvalue weighted by Gasteiger charge is -1.99. The molecule has 1 aromatic carbocycles. The van der Waals surface area contributed by atoms with Crippen LogP contribution in [-0.4, -0.2) is 25.6 Å². The van der Waals surface area contributed by atoms with Crippen molar-refractivity contribution in [2.45, 2.75) is 0 Å². The zero-order valence-corrected chi connectivity index (χ0v) is 6.65. The zero-order valence-electron chi connectivity index (χ0n) is 6.65. The average Bonchev–Trinajstić information content (AvgIpc) is 2.17. The highest BCUT2D eigenvalue weighted by molar-refractivity contribution is 6.45. The Hall–Kier alpha value is -1.29. The molecule has 1 radical (unpaired) electrons. The fraction of sp³-hybridized carbons (Fsp3) is 0.125. The lowest BCUT2D eigenvalue weighted by atomic mass is 9.88. The fourth-order valence-electron chi connectivity index (χ4n) is 0.864. The summed E-state index contributed by atoms with van der Waals surface area (Å²) in [5, 5.41) is 8.64. The summed E-state index contributed by atoms with van der Waals surface area (Å²) in [6.45, 7) is 0. The molecule has 0 saturated carbocycles. The van der Waals surface area contributed by atoms with Gasteiger partial charge in [0.1, 0.15) is 0 Å². The molecule has 61 valence electrons. The van der Waals surface area contributed by atoms with Crippen LogP contribution in [0.1, 0.15) is 10.4 Å². The third-order valence-corrected chi connectivity index (χ3v) is 1.46. The minimum atomic E-state index is -0.404. The molecule has 0 spiro atoms. The summed E-state index contributed by atoms with van der Waals surface area (Å²) in [5.41, 5.74) is 1.01. The first-order valence-electron chi connectivity index (χ1n) is 3.43. The second-order valence-electron chi connectivity index (χ2n) is 2.25. The van der Waals surface area contributed by atoms with Crippen LogP contribution < -0.4 is 5.46 Å². The van der Waals surface area contributed by atoms with E-state index in [1.165, 1.54) is 7.11 Å². The lowest BCUT2D eigenvalue weighted by Crippen LogP contribution is -2.15. The molecule has 1 rings (SSSR count). The number of benzene rings is 1. The number of hydrogen-bond donors (Lipinski definition) is 1. The second kappa shape index (κ2) is 3.92. The van der Waals surface area contributed by atoms with Gasteiger partial charge in [0.2, 0.25) is 0 Å². The first-order valence-corrected chi connectivity index (χ1v) is 3.43. The summed E-state index contributed by atoms with van der Waals surface area (Å²) >= 11 is 0. The number of ether oxygens (including phenoxy) is 1. The smallest absolute Gasteiger partial charge is 0.337 e. The van der Waals surface area contributed by atoms with E-state index in [9.17, 15) is 4.79 Å². The average molecular weight is 163 g/mol.